The number of hydrogen-bond donors (Lipinski definition) is 1. The summed E-state index contributed by atoms with van der Waals surface area (Å²) in [6, 6.07) is 15.1. The average Bonchev–Trinajstić information content (AvgIpc) is 2.65. The van der Waals surface area contributed by atoms with Gasteiger partial charge in [-0.1, -0.05) is 48.0 Å². The summed E-state index contributed by atoms with van der Waals surface area (Å²) in [4.78, 5) is 7.31. The van der Waals surface area contributed by atoms with Crippen molar-refractivity contribution in [3.8, 4) is 0 Å². The molecule has 138 valence electrons. The minimum Gasteiger partial charge on any atom is -0.381 e. The Morgan fingerprint density at radius 2 is 1.77 bits per heavy atom. The molecule has 0 aliphatic carbocycles. The first-order valence-electron chi connectivity index (χ1n) is 9.59. The van der Waals surface area contributed by atoms with Gasteiger partial charge in [-0.05, 0) is 63.7 Å². The second-order valence-electron chi connectivity index (χ2n) is 6.88. The van der Waals surface area contributed by atoms with Crippen LogP contribution < -0.4 is 5.32 Å². The number of para-hydroxylation sites is 1. The highest BCUT2D eigenvalue weighted by molar-refractivity contribution is 9.10. The number of fused-ring (bicyclic) bond motifs is 2. The van der Waals surface area contributed by atoms with Crippen molar-refractivity contribution in [1.29, 1.82) is 0 Å². The second kappa shape index (κ2) is 8.83. The molecule has 1 heterocycles. The van der Waals surface area contributed by atoms with E-state index in [0.717, 1.165) is 35.0 Å². The summed E-state index contributed by atoms with van der Waals surface area (Å²) < 4.78 is 1.08. The molecule has 1 N–H and O–H groups in total. The van der Waals surface area contributed by atoms with Crippen LogP contribution in [0.25, 0.3) is 21.8 Å². The number of hydrogen-bond acceptors (Lipinski definition) is 3. The Hall–Kier alpha value is -1.65. The lowest BCUT2D eigenvalue weighted by molar-refractivity contribution is 0.295. The molecule has 3 rings (SSSR count). The summed E-state index contributed by atoms with van der Waals surface area (Å²) in [5, 5.41) is 6.15. The van der Waals surface area contributed by atoms with Gasteiger partial charge < -0.3 is 10.2 Å². The number of anilines is 1. The molecule has 0 saturated carbocycles. The van der Waals surface area contributed by atoms with E-state index in [1.807, 2.05) is 0 Å². The van der Waals surface area contributed by atoms with Crippen LogP contribution in [0, 0.1) is 0 Å². The summed E-state index contributed by atoms with van der Waals surface area (Å²) in [5.74, 6) is 0. The van der Waals surface area contributed by atoms with Crippen molar-refractivity contribution >= 4 is 43.4 Å². The first-order valence-corrected chi connectivity index (χ1v) is 10.4. The van der Waals surface area contributed by atoms with Crippen LogP contribution in [-0.4, -0.2) is 35.6 Å². The van der Waals surface area contributed by atoms with Gasteiger partial charge in [-0.15, -0.1) is 0 Å². The minimum absolute atomic E-state index is 0.415. The van der Waals surface area contributed by atoms with Gasteiger partial charge in [-0.2, -0.15) is 0 Å². The molecule has 0 aliphatic rings. The molecular formula is C22H28BrN3. The number of halogens is 1. The lowest BCUT2D eigenvalue weighted by atomic mass is 10.1. The van der Waals surface area contributed by atoms with E-state index in [9.17, 15) is 0 Å². The maximum absolute atomic E-state index is 4.83. The van der Waals surface area contributed by atoms with Crippen LogP contribution in [-0.2, 0) is 0 Å². The van der Waals surface area contributed by atoms with E-state index < -0.39 is 0 Å². The van der Waals surface area contributed by atoms with Crippen LogP contribution in [0.4, 0.5) is 5.69 Å². The van der Waals surface area contributed by atoms with Crippen LogP contribution in [0.3, 0.4) is 0 Å². The summed E-state index contributed by atoms with van der Waals surface area (Å²) in [7, 11) is 0. The number of pyridine rings is 1. The molecule has 0 amide bonds. The quantitative estimate of drug-likeness (QED) is 0.453. The predicted molar refractivity (Wildman–Crippen MR) is 117 cm³/mol. The Morgan fingerprint density at radius 3 is 2.54 bits per heavy atom. The van der Waals surface area contributed by atoms with Crippen molar-refractivity contribution in [3.63, 3.8) is 0 Å². The Morgan fingerprint density at radius 1 is 1.04 bits per heavy atom. The zero-order valence-electron chi connectivity index (χ0n) is 15.9. The van der Waals surface area contributed by atoms with E-state index in [-0.39, 0.29) is 0 Å². The van der Waals surface area contributed by atoms with E-state index in [2.05, 4.69) is 89.4 Å². The van der Waals surface area contributed by atoms with Crippen LogP contribution >= 0.6 is 15.9 Å². The van der Waals surface area contributed by atoms with Crippen molar-refractivity contribution < 1.29 is 0 Å². The summed E-state index contributed by atoms with van der Waals surface area (Å²) in [6.07, 6.45) is 2.36. The molecule has 26 heavy (non-hydrogen) atoms. The maximum atomic E-state index is 4.83. The lowest BCUT2D eigenvalue weighted by Crippen LogP contribution is -2.25. The zero-order valence-corrected chi connectivity index (χ0v) is 17.5. The van der Waals surface area contributed by atoms with Crippen molar-refractivity contribution in [3.05, 3.63) is 46.9 Å². The first-order chi connectivity index (χ1) is 12.6. The van der Waals surface area contributed by atoms with E-state index >= 15 is 0 Å². The Balaban J connectivity index is 1.86. The molecule has 0 aliphatic heterocycles. The van der Waals surface area contributed by atoms with E-state index in [0.29, 0.717) is 6.04 Å². The predicted octanol–water partition coefficient (Wildman–Crippen LogP) is 6.07. The van der Waals surface area contributed by atoms with E-state index in [1.165, 1.54) is 29.4 Å². The highest BCUT2D eigenvalue weighted by Crippen LogP contribution is 2.33. The van der Waals surface area contributed by atoms with Gasteiger partial charge in [0.2, 0.25) is 0 Å². The van der Waals surface area contributed by atoms with Gasteiger partial charge in [0.25, 0.3) is 0 Å². The third kappa shape index (κ3) is 4.36. The molecule has 2 aromatic carbocycles. The van der Waals surface area contributed by atoms with Crippen LogP contribution in [0.2, 0.25) is 0 Å². The summed E-state index contributed by atoms with van der Waals surface area (Å²) in [5.41, 5.74) is 3.27. The maximum Gasteiger partial charge on any atom is 0.0731 e. The molecular weight excluding hydrogens is 386 g/mol. The number of nitrogens with zero attached hydrogens (tertiary/aromatic N) is 2. The average molecular weight is 414 g/mol. The molecule has 1 atom stereocenters. The first kappa shape index (κ1) is 19.1. The Labute approximate surface area is 164 Å². The lowest BCUT2D eigenvalue weighted by Gasteiger charge is -2.21. The number of rotatable bonds is 8. The van der Waals surface area contributed by atoms with Crippen molar-refractivity contribution in [1.82, 2.24) is 9.88 Å². The van der Waals surface area contributed by atoms with Crippen LogP contribution in [0.1, 0.15) is 33.6 Å². The molecule has 3 nitrogen and oxygen atoms in total. The van der Waals surface area contributed by atoms with Gasteiger partial charge in [-0.25, -0.2) is 4.98 Å². The van der Waals surface area contributed by atoms with Gasteiger partial charge in [0, 0.05) is 21.3 Å². The second-order valence-corrected chi connectivity index (χ2v) is 7.80. The molecule has 3 aromatic rings. The zero-order chi connectivity index (χ0) is 18.5. The fraction of sp³-hybridized carbons (Fsp3) is 0.409. The summed E-state index contributed by atoms with van der Waals surface area (Å²) >= 11 is 3.61. The standard InChI is InChI=1S/C22H28BrN3/c1-4-26(5-2)14-8-9-16(3)24-22-18-10-6-7-11-20(18)25-21-13-12-17(23)15-19(21)22/h6-7,10-13,15-16H,4-5,8-9,14H2,1-3H3,(H,24,25). The molecule has 0 radical (unpaired) electrons. The van der Waals surface area contributed by atoms with Gasteiger partial charge in [-0.3, -0.25) is 0 Å². The molecule has 0 spiro atoms. The summed E-state index contributed by atoms with van der Waals surface area (Å²) in [6.45, 7) is 10.2. The monoisotopic (exact) mass is 413 g/mol. The Bertz CT molecular complexity index is 874. The molecule has 0 fully saturated rings. The van der Waals surface area contributed by atoms with Crippen molar-refractivity contribution in [2.24, 2.45) is 0 Å². The number of aromatic nitrogens is 1. The third-order valence-corrected chi connectivity index (χ3v) is 5.53. The molecule has 0 saturated heterocycles. The smallest absolute Gasteiger partial charge is 0.0731 e. The topological polar surface area (TPSA) is 28.2 Å². The largest absolute Gasteiger partial charge is 0.381 e. The molecule has 1 aromatic heterocycles. The van der Waals surface area contributed by atoms with Crippen LogP contribution in [0.5, 0.6) is 0 Å². The normalized spacial score (nSPS) is 12.8. The Kier molecular flexibility index (Phi) is 6.49. The molecule has 4 heteroatoms. The van der Waals surface area contributed by atoms with E-state index in [4.69, 9.17) is 4.98 Å². The van der Waals surface area contributed by atoms with E-state index in [1.54, 1.807) is 0 Å². The fourth-order valence-electron chi connectivity index (χ4n) is 3.50. The SMILES string of the molecule is CCN(CC)CCCC(C)Nc1c2ccccc2nc2ccc(Br)cc12. The highest BCUT2D eigenvalue weighted by atomic mass is 79.9. The van der Waals surface area contributed by atoms with Crippen molar-refractivity contribution in [2.45, 2.75) is 39.7 Å². The van der Waals surface area contributed by atoms with Crippen molar-refractivity contribution in [2.75, 3.05) is 25.0 Å². The number of nitrogens with one attached hydrogen (secondary N) is 1. The van der Waals surface area contributed by atoms with Gasteiger partial charge in [0.15, 0.2) is 0 Å². The highest BCUT2D eigenvalue weighted by Gasteiger charge is 2.12. The van der Waals surface area contributed by atoms with Crippen LogP contribution in [0.15, 0.2) is 46.9 Å². The minimum atomic E-state index is 0.415. The van der Waals surface area contributed by atoms with Gasteiger partial charge in [0.1, 0.15) is 0 Å². The third-order valence-electron chi connectivity index (χ3n) is 5.04. The molecule has 1 unspecified atom stereocenters. The fourth-order valence-corrected chi connectivity index (χ4v) is 3.86. The molecule has 0 bridgehead atoms. The van der Waals surface area contributed by atoms with Gasteiger partial charge in [0.05, 0.1) is 16.7 Å². The van der Waals surface area contributed by atoms with Gasteiger partial charge >= 0.3 is 0 Å². The number of benzene rings is 2.